The van der Waals surface area contributed by atoms with Gasteiger partial charge in [-0.2, -0.15) is 0 Å². The molecule has 0 heterocycles. The van der Waals surface area contributed by atoms with Gasteiger partial charge in [0.1, 0.15) is 0 Å². The van der Waals surface area contributed by atoms with Crippen molar-refractivity contribution in [1.29, 1.82) is 0 Å². The molecule has 0 aliphatic rings. The first-order valence-electron chi connectivity index (χ1n) is 6.47. The van der Waals surface area contributed by atoms with Gasteiger partial charge in [0.15, 0.2) is 0 Å². The van der Waals surface area contributed by atoms with Crippen LogP contribution in [0.1, 0.15) is 0 Å². The molecule has 0 rings (SSSR count). The molecule has 14 nitrogen and oxygen atoms in total. The first-order valence-corrected chi connectivity index (χ1v) is 6.47. The number of rotatable bonds is 12. The normalized spacial score (nSPS) is 9.21. The van der Waals surface area contributed by atoms with Crippen molar-refractivity contribution in [2.24, 2.45) is 0 Å². The van der Waals surface area contributed by atoms with E-state index in [0.29, 0.717) is 9.80 Å². The largest absolute Gasteiger partial charge is 4.00 e. The molecule has 0 amide bonds. The average Bonchev–Trinajstić information content (AvgIpc) is 2.33. The van der Waals surface area contributed by atoms with Crippen molar-refractivity contribution < 1.29 is 76.2 Å². The predicted octanol–water partition coefficient (Wildman–Crippen LogP) is -11.3. The first-order chi connectivity index (χ1) is 11.8. The van der Waals surface area contributed by atoms with Crippen LogP contribution in [-0.4, -0.2) is 109 Å². The second kappa shape index (κ2) is 18.4. The van der Waals surface area contributed by atoms with Crippen molar-refractivity contribution in [3.05, 3.63) is 0 Å². The van der Waals surface area contributed by atoms with E-state index in [0.717, 1.165) is 0 Å². The van der Waals surface area contributed by atoms with Crippen LogP contribution in [0, 0.1) is 0 Å². The third kappa shape index (κ3) is 26.3. The van der Waals surface area contributed by atoms with Crippen LogP contribution in [0.15, 0.2) is 0 Å². The molecule has 0 aliphatic carbocycles. The molecule has 0 aromatic heterocycles. The molecule has 0 saturated heterocycles. The number of carbonyl (C=O) groups excluding carboxylic acids is 6. The van der Waals surface area contributed by atoms with E-state index in [1.165, 1.54) is 0 Å². The maximum absolute atomic E-state index is 9.99. The van der Waals surface area contributed by atoms with E-state index in [1.54, 1.807) is 0 Å². The van der Waals surface area contributed by atoms with Gasteiger partial charge in [-0.3, -0.25) is 9.80 Å². The average molecular weight is 554 g/mol. The van der Waals surface area contributed by atoms with Gasteiger partial charge in [0, 0.05) is 39.3 Å². The number of carboxylic acid groups (broad SMARTS) is 6. The fraction of sp³-hybridized carbons (Fsp3) is 0.500. The molecule has 1 radical (unpaired) electrons. The van der Waals surface area contributed by atoms with Gasteiger partial charge < -0.3 is 59.4 Å². The minimum Gasteiger partial charge on any atom is -0.549 e. The Balaban J connectivity index is -0.000000192. The Bertz CT molecular complexity index is 435. The molecule has 0 aliphatic heterocycles. The maximum Gasteiger partial charge on any atom is 4.00 e. The molecule has 0 saturated carbocycles. The van der Waals surface area contributed by atoms with Gasteiger partial charge >= 0.3 is 40.7 Å². The van der Waals surface area contributed by atoms with E-state index in [2.05, 4.69) is 0 Å². The third-order valence-corrected chi connectivity index (χ3v) is 2.12. The summed E-state index contributed by atoms with van der Waals surface area (Å²) in [5.74, 6) is -9.40. The molecule has 0 atom stereocenters. The summed E-state index contributed by atoms with van der Waals surface area (Å²) in [6, 6.07) is 0. The smallest absolute Gasteiger partial charge is 0.549 e. The van der Waals surface area contributed by atoms with E-state index in [1.807, 2.05) is 0 Å². The Hall–Kier alpha value is -1.95. The molecule has 0 aromatic carbocycles. The molecule has 0 fully saturated rings. The number of nitrogens with zero attached hydrogens (tertiary/aromatic N) is 2. The van der Waals surface area contributed by atoms with Crippen molar-refractivity contribution in [2.75, 3.05) is 39.3 Å². The fourth-order valence-electron chi connectivity index (χ4n) is 1.43. The number of carboxylic acids is 6. The Morgan fingerprint density at radius 2 is 0.536 bits per heavy atom. The summed E-state index contributed by atoms with van der Waals surface area (Å²) in [6.07, 6.45) is 0. The van der Waals surface area contributed by atoms with Crippen LogP contribution in [0.25, 0.3) is 0 Å². The Kier molecular flexibility index (Phi) is 22.1. The molecular weight excluding hydrogens is 542 g/mol. The third-order valence-electron chi connectivity index (χ3n) is 2.12. The zero-order chi connectivity index (χ0) is 20.9. The Morgan fingerprint density at radius 1 is 0.429 bits per heavy atom. The standard InChI is InChI=1S/2C6H9NO6.Co.Sn/c2*8-4(9)1-7(2-5(10)11)3-6(12)13;;/h2*1-3H2,(H,8,9)(H,10,11)(H,12,13);;/q;;+2;+4/p-6. The second-order valence-corrected chi connectivity index (χ2v) is 4.52. The summed E-state index contributed by atoms with van der Waals surface area (Å²) in [7, 11) is 0. The van der Waals surface area contributed by atoms with Crippen LogP contribution in [0.2, 0.25) is 0 Å². The van der Waals surface area contributed by atoms with Gasteiger partial charge in [-0.15, -0.1) is 0 Å². The maximum atomic E-state index is 9.99. The van der Waals surface area contributed by atoms with Gasteiger partial charge in [0.2, 0.25) is 0 Å². The summed E-state index contributed by atoms with van der Waals surface area (Å²) >= 11 is 0. The van der Waals surface area contributed by atoms with E-state index in [4.69, 9.17) is 0 Å². The van der Waals surface area contributed by atoms with Crippen LogP contribution in [0.4, 0.5) is 0 Å². The summed E-state index contributed by atoms with van der Waals surface area (Å²) in [4.78, 5) is 61.2. The summed E-state index contributed by atoms with van der Waals surface area (Å²) in [6.45, 7) is -4.74. The van der Waals surface area contributed by atoms with Crippen LogP contribution < -0.4 is 30.6 Å². The van der Waals surface area contributed by atoms with Crippen molar-refractivity contribution in [3.63, 3.8) is 0 Å². The molecule has 0 unspecified atom stereocenters. The molecular formula is C12H12CoN2O12Sn. The first kappa shape index (κ1) is 33.6. The monoisotopic (exact) mass is 555 g/mol. The van der Waals surface area contributed by atoms with Crippen molar-refractivity contribution in [1.82, 2.24) is 9.80 Å². The predicted molar refractivity (Wildman–Crippen MR) is 68.7 cm³/mol. The minimum absolute atomic E-state index is 0. The zero-order valence-corrected chi connectivity index (χ0v) is 17.8. The summed E-state index contributed by atoms with van der Waals surface area (Å²) in [5, 5.41) is 60.0. The van der Waals surface area contributed by atoms with Crippen LogP contribution >= 0.6 is 0 Å². The Labute approximate surface area is 184 Å². The van der Waals surface area contributed by atoms with Crippen molar-refractivity contribution >= 4 is 59.7 Å². The molecule has 0 aromatic rings. The van der Waals surface area contributed by atoms with E-state index in [9.17, 15) is 59.4 Å². The van der Waals surface area contributed by atoms with Gasteiger partial charge in [0.25, 0.3) is 0 Å². The zero-order valence-electron chi connectivity index (χ0n) is 13.9. The topological polar surface area (TPSA) is 247 Å². The molecule has 16 heteroatoms. The molecule has 155 valence electrons. The van der Waals surface area contributed by atoms with Crippen LogP contribution in [0.5, 0.6) is 0 Å². The number of carbonyl (C=O) groups is 6. The van der Waals surface area contributed by atoms with E-state index >= 15 is 0 Å². The van der Waals surface area contributed by atoms with Crippen LogP contribution in [0.3, 0.4) is 0 Å². The number of aliphatic carboxylic acids is 6. The molecule has 0 bridgehead atoms. The SMILES string of the molecule is O=C([O-])CN(CC(=O)[O-])CC(=O)[O-].O=C([O-])CN(CC(=O)[O-])CC(=O)[O-].[Co+2].[Sn+4]. The van der Waals surface area contributed by atoms with E-state index < -0.39 is 75.1 Å². The number of hydrogen-bond acceptors (Lipinski definition) is 14. The second-order valence-electron chi connectivity index (χ2n) is 4.52. The summed E-state index contributed by atoms with van der Waals surface area (Å²) < 4.78 is 0. The molecule has 0 spiro atoms. The van der Waals surface area contributed by atoms with Gasteiger partial charge in [-0.05, 0) is 0 Å². The van der Waals surface area contributed by atoms with E-state index in [-0.39, 0.29) is 40.7 Å². The molecule has 28 heavy (non-hydrogen) atoms. The quantitative estimate of drug-likeness (QED) is 0.203. The number of hydrogen-bond donors (Lipinski definition) is 0. The van der Waals surface area contributed by atoms with Crippen LogP contribution in [-0.2, 0) is 45.5 Å². The fourth-order valence-corrected chi connectivity index (χ4v) is 1.43. The van der Waals surface area contributed by atoms with Crippen molar-refractivity contribution in [2.45, 2.75) is 0 Å². The van der Waals surface area contributed by atoms with Gasteiger partial charge in [-0.1, -0.05) is 0 Å². The van der Waals surface area contributed by atoms with Gasteiger partial charge in [-0.25, -0.2) is 0 Å². The van der Waals surface area contributed by atoms with Gasteiger partial charge in [0.05, 0.1) is 35.8 Å². The minimum atomic E-state index is -1.57. The van der Waals surface area contributed by atoms with Crippen molar-refractivity contribution in [3.8, 4) is 0 Å². The Morgan fingerprint density at radius 3 is 0.607 bits per heavy atom. The summed E-state index contributed by atoms with van der Waals surface area (Å²) in [5.41, 5.74) is 0. The molecule has 0 N–H and O–H groups in total.